The highest BCUT2D eigenvalue weighted by molar-refractivity contribution is 7.89. The molecule has 1 heterocycles. The summed E-state index contributed by atoms with van der Waals surface area (Å²) in [5.74, 6) is 0. The van der Waals surface area contributed by atoms with Gasteiger partial charge in [-0.3, -0.25) is 0 Å². The second-order valence-electron chi connectivity index (χ2n) is 6.92. The molecule has 8 heteroatoms. The van der Waals surface area contributed by atoms with Crippen LogP contribution >= 0.6 is 12.2 Å². The predicted molar refractivity (Wildman–Crippen MR) is 121 cm³/mol. The van der Waals surface area contributed by atoms with Crippen molar-refractivity contribution in [3.63, 3.8) is 0 Å². The van der Waals surface area contributed by atoms with Crippen molar-refractivity contribution in [2.24, 2.45) is 0 Å². The molecule has 1 saturated heterocycles. The van der Waals surface area contributed by atoms with Crippen molar-refractivity contribution in [2.75, 3.05) is 36.9 Å². The molecule has 1 aliphatic rings. The second kappa shape index (κ2) is 10.2. The van der Waals surface area contributed by atoms with E-state index in [2.05, 4.69) is 29.7 Å². The number of anilines is 2. The SMILES string of the molecule is CCCCc1ccc(NC(=S)Nc2ccc(S(=O)(=O)N3CCOCC3)cc2)cc1. The van der Waals surface area contributed by atoms with Gasteiger partial charge in [-0.05, 0) is 67.0 Å². The number of rotatable bonds is 7. The maximum atomic E-state index is 12.7. The molecule has 1 aliphatic heterocycles. The minimum atomic E-state index is -3.49. The van der Waals surface area contributed by atoms with Gasteiger partial charge in [0.15, 0.2) is 5.11 Å². The number of aryl methyl sites for hydroxylation is 1. The Balaban J connectivity index is 1.57. The van der Waals surface area contributed by atoms with Crippen molar-refractivity contribution in [3.05, 3.63) is 54.1 Å². The molecule has 0 unspecified atom stereocenters. The largest absolute Gasteiger partial charge is 0.379 e. The first-order chi connectivity index (χ1) is 14.0. The topological polar surface area (TPSA) is 70.7 Å². The van der Waals surface area contributed by atoms with Gasteiger partial charge in [-0.1, -0.05) is 25.5 Å². The number of nitrogens with one attached hydrogen (secondary N) is 2. The van der Waals surface area contributed by atoms with Crippen LogP contribution in [0, 0.1) is 0 Å². The summed E-state index contributed by atoms with van der Waals surface area (Å²) < 4.78 is 32.0. The summed E-state index contributed by atoms with van der Waals surface area (Å²) in [6.45, 7) is 3.81. The van der Waals surface area contributed by atoms with Crippen molar-refractivity contribution >= 4 is 38.7 Å². The Labute approximate surface area is 178 Å². The smallest absolute Gasteiger partial charge is 0.243 e. The van der Waals surface area contributed by atoms with Crippen LogP contribution in [0.1, 0.15) is 25.3 Å². The van der Waals surface area contributed by atoms with E-state index in [1.807, 2.05) is 12.1 Å². The van der Waals surface area contributed by atoms with E-state index in [4.69, 9.17) is 17.0 Å². The zero-order chi connectivity index (χ0) is 20.7. The molecule has 156 valence electrons. The van der Waals surface area contributed by atoms with Gasteiger partial charge < -0.3 is 15.4 Å². The van der Waals surface area contributed by atoms with Gasteiger partial charge in [0.1, 0.15) is 0 Å². The van der Waals surface area contributed by atoms with E-state index in [-0.39, 0.29) is 4.90 Å². The van der Waals surface area contributed by atoms with Gasteiger partial charge in [0.2, 0.25) is 10.0 Å². The third kappa shape index (κ3) is 5.99. The van der Waals surface area contributed by atoms with Gasteiger partial charge in [0.25, 0.3) is 0 Å². The minimum Gasteiger partial charge on any atom is -0.379 e. The summed E-state index contributed by atoms with van der Waals surface area (Å²) in [7, 11) is -3.49. The number of benzene rings is 2. The zero-order valence-electron chi connectivity index (χ0n) is 16.6. The van der Waals surface area contributed by atoms with Crippen LogP contribution in [0.4, 0.5) is 11.4 Å². The lowest BCUT2D eigenvalue weighted by Crippen LogP contribution is -2.40. The highest BCUT2D eigenvalue weighted by atomic mass is 32.2. The monoisotopic (exact) mass is 433 g/mol. The highest BCUT2D eigenvalue weighted by Crippen LogP contribution is 2.20. The summed E-state index contributed by atoms with van der Waals surface area (Å²) in [5.41, 5.74) is 2.95. The number of hydrogen-bond donors (Lipinski definition) is 2. The Morgan fingerprint density at radius 2 is 1.55 bits per heavy atom. The Morgan fingerprint density at radius 3 is 2.10 bits per heavy atom. The third-order valence-electron chi connectivity index (χ3n) is 4.75. The van der Waals surface area contributed by atoms with Gasteiger partial charge in [0.05, 0.1) is 18.1 Å². The van der Waals surface area contributed by atoms with Gasteiger partial charge in [-0.2, -0.15) is 4.31 Å². The van der Waals surface area contributed by atoms with Gasteiger partial charge >= 0.3 is 0 Å². The number of ether oxygens (including phenoxy) is 1. The molecule has 2 aromatic rings. The molecule has 2 N–H and O–H groups in total. The maximum Gasteiger partial charge on any atom is 0.243 e. The molecule has 1 fully saturated rings. The van der Waals surface area contributed by atoms with Gasteiger partial charge in [0, 0.05) is 24.5 Å². The molecule has 0 saturated carbocycles. The van der Waals surface area contributed by atoms with Crippen molar-refractivity contribution in [3.8, 4) is 0 Å². The average molecular weight is 434 g/mol. The van der Waals surface area contributed by atoms with Crippen molar-refractivity contribution < 1.29 is 13.2 Å². The van der Waals surface area contributed by atoms with Crippen LogP contribution in [0.25, 0.3) is 0 Å². The third-order valence-corrected chi connectivity index (χ3v) is 6.87. The summed E-state index contributed by atoms with van der Waals surface area (Å²) in [6, 6.07) is 14.9. The van der Waals surface area contributed by atoms with Crippen molar-refractivity contribution in [1.82, 2.24) is 4.31 Å². The number of nitrogens with zero attached hydrogens (tertiary/aromatic N) is 1. The summed E-state index contributed by atoms with van der Waals surface area (Å²) >= 11 is 5.37. The molecule has 2 aromatic carbocycles. The van der Waals surface area contributed by atoms with Gasteiger partial charge in [-0.25, -0.2) is 8.42 Å². The fraction of sp³-hybridized carbons (Fsp3) is 0.381. The second-order valence-corrected chi connectivity index (χ2v) is 9.27. The fourth-order valence-electron chi connectivity index (χ4n) is 3.08. The van der Waals surface area contributed by atoms with Crippen molar-refractivity contribution in [1.29, 1.82) is 0 Å². The first-order valence-corrected chi connectivity index (χ1v) is 11.7. The van der Waals surface area contributed by atoms with E-state index in [0.717, 1.165) is 17.8 Å². The van der Waals surface area contributed by atoms with Crippen molar-refractivity contribution in [2.45, 2.75) is 31.1 Å². The summed E-state index contributed by atoms with van der Waals surface area (Å²) in [5, 5.41) is 6.69. The number of thiocarbonyl (C=S) groups is 1. The van der Waals surface area contributed by atoms with Crippen LogP contribution in [0.2, 0.25) is 0 Å². The predicted octanol–water partition coefficient (Wildman–Crippen LogP) is 3.86. The molecule has 0 spiro atoms. The Kier molecular flexibility index (Phi) is 7.60. The molecule has 29 heavy (non-hydrogen) atoms. The Hall–Kier alpha value is -2.00. The van der Waals surface area contributed by atoms with E-state index in [1.54, 1.807) is 24.3 Å². The first-order valence-electron chi connectivity index (χ1n) is 9.84. The van der Waals surface area contributed by atoms with Gasteiger partial charge in [-0.15, -0.1) is 0 Å². The molecular weight excluding hydrogens is 406 g/mol. The van der Waals surface area contributed by atoms with Crippen LogP contribution < -0.4 is 10.6 Å². The van der Waals surface area contributed by atoms with E-state index in [1.165, 1.54) is 22.7 Å². The van der Waals surface area contributed by atoms with E-state index in [0.29, 0.717) is 31.4 Å². The lowest BCUT2D eigenvalue weighted by molar-refractivity contribution is 0.0730. The summed E-state index contributed by atoms with van der Waals surface area (Å²) in [4.78, 5) is 0.270. The minimum absolute atomic E-state index is 0.270. The van der Waals surface area contributed by atoms with Crippen LogP contribution in [0.15, 0.2) is 53.4 Å². The number of hydrogen-bond acceptors (Lipinski definition) is 4. The quantitative estimate of drug-likeness (QED) is 0.646. The molecule has 3 rings (SSSR count). The molecule has 0 aromatic heterocycles. The molecular formula is C21H27N3O3S2. The zero-order valence-corrected chi connectivity index (χ0v) is 18.2. The van der Waals surface area contributed by atoms with Crippen LogP contribution in [-0.4, -0.2) is 44.1 Å². The fourth-order valence-corrected chi connectivity index (χ4v) is 4.72. The number of unbranched alkanes of at least 4 members (excludes halogenated alkanes) is 1. The molecule has 0 aliphatic carbocycles. The number of morpholine rings is 1. The Morgan fingerprint density at radius 1 is 1.00 bits per heavy atom. The first kappa shape index (κ1) is 21.7. The molecule has 0 bridgehead atoms. The van der Waals surface area contributed by atoms with Crippen LogP contribution in [0.5, 0.6) is 0 Å². The molecule has 0 radical (unpaired) electrons. The van der Waals surface area contributed by atoms with E-state index in [9.17, 15) is 8.42 Å². The Bertz CT molecular complexity index is 907. The normalized spacial score (nSPS) is 15.1. The summed E-state index contributed by atoms with van der Waals surface area (Å²) in [6.07, 6.45) is 3.45. The highest BCUT2D eigenvalue weighted by Gasteiger charge is 2.26. The van der Waals surface area contributed by atoms with E-state index >= 15 is 0 Å². The maximum absolute atomic E-state index is 12.7. The van der Waals surface area contributed by atoms with E-state index < -0.39 is 10.0 Å². The number of sulfonamides is 1. The lowest BCUT2D eigenvalue weighted by Gasteiger charge is -2.26. The molecule has 0 atom stereocenters. The lowest BCUT2D eigenvalue weighted by atomic mass is 10.1. The van der Waals surface area contributed by atoms with Crippen LogP contribution in [0.3, 0.4) is 0 Å². The average Bonchev–Trinajstić information content (AvgIpc) is 2.74. The standard InChI is InChI=1S/C21H27N3O3S2/c1-2-3-4-17-5-7-18(8-6-17)22-21(28)23-19-9-11-20(12-10-19)29(25,26)24-13-15-27-16-14-24/h5-12H,2-4,13-16H2,1H3,(H2,22,23,28). The van der Waals surface area contributed by atoms with Crippen LogP contribution in [-0.2, 0) is 21.2 Å². The molecule has 6 nitrogen and oxygen atoms in total. The molecule has 0 amide bonds.